The third-order valence-electron chi connectivity index (χ3n) is 3.86. The maximum atomic E-state index is 10.8. The number of nitrogens with zero attached hydrogens (tertiary/aromatic N) is 5. The molecule has 0 bridgehead atoms. The first-order chi connectivity index (χ1) is 12.2. The van der Waals surface area contributed by atoms with Gasteiger partial charge in [-0.2, -0.15) is 9.61 Å². The predicted molar refractivity (Wildman–Crippen MR) is 94.6 cm³/mol. The van der Waals surface area contributed by atoms with Gasteiger partial charge in [0.1, 0.15) is 5.01 Å². The highest BCUT2D eigenvalue weighted by Crippen LogP contribution is 2.27. The quantitative estimate of drug-likeness (QED) is 0.405. The largest absolute Gasteiger partial charge is 0.269 e. The molecule has 0 saturated carbocycles. The maximum Gasteiger partial charge on any atom is 0.269 e. The van der Waals surface area contributed by atoms with Crippen LogP contribution in [0.15, 0.2) is 54.6 Å². The standard InChI is InChI=1S/C17H13N5O2S/c23-22(24)14-9-7-13(8-10-14)16-20-21-15(18-19-17(21)25-16)11-6-12-4-2-1-3-5-12/h1-5,7-10H,6,11H2. The monoisotopic (exact) mass is 351 g/mol. The average Bonchev–Trinajstić information content (AvgIpc) is 3.22. The molecule has 25 heavy (non-hydrogen) atoms. The van der Waals surface area contributed by atoms with E-state index < -0.39 is 4.92 Å². The summed E-state index contributed by atoms with van der Waals surface area (Å²) < 4.78 is 1.75. The fourth-order valence-corrected chi connectivity index (χ4v) is 3.42. The van der Waals surface area contributed by atoms with Gasteiger partial charge >= 0.3 is 0 Å². The molecule has 0 aliphatic rings. The van der Waals surface area contributed by atoms with Gasteiger partial charge in [-0.05, 0) is 24.1 Å². The zero-order valence-electron chi connectivity index (χ0n) is 13.1. The molecule has 0 atom stereocenters. The molecule has 124 valence electrons. The van der Waals surface area contributed by atoms with E-state index in [4.69, 9.17) is 0 Å². The van der Waals surface area contributed by atoms with E-state index in [0.717, 1.165) is 34.2 Å². The van der Waals surface area contributed by atoms with Gasteiger partial charge in [-0.1, -0.05) is 41.7 Å². The van der Waals surface area contributed by atoms with E-state index in [1.165, 1.54) is 29.0 Å². The number of hydrogen-bond donors (Lipinski definition) is 0. The number of hydrogen-bond acceptors (Lipinski definition) is 6. The molecule has 4 aromatic rings. The van der Waals surface area contributed by atoms with Gasteiger partial charge in [-0.25, -0.2) is 0 Å². The highest BCUT2D eigenvalue weighted by atomic mass is 32.1. The summed E-state index contributed by atoms with van der Waals surface area (Å²) in [6.45, 7) is 0. The van der Waals surface area contributed by atoms with Crippen LogP contribution in [0.3, 0.4) is 0 Å². The Morgan fingerprint density at radius 2 is 1.76 bits per heavy atom. The van der Waals surface area contributed by atoms with Gasteiger partial charge in [-0.3, -0.25) is 10.1 Å². The van der Waals surface area contributed by atoms with Crippen molar-refractivity contribution in [1.29, 1.82) is 0 Å². The van der Waals surface area contributed by atoms with Gasteiger partial charge in [-0.15, -0.1) is 10.2 Å². The highest BCUT2D eigenvalue weighted by molar-refractivity contribution is 7.19. The van der Waals surface area contributed by atoms with E-state index >= 15 is 0 Å². The van der Waals surface area contributed by atoms with E-state index in [1.54, 1.807) is 16.6 Å². The molecule has 0 saturated heterocycles. The van der Waals surface area contributed by atoms with E-state index in [9.17, 15) is 10.1 Å². The summed E-state index contributed by atoms with van der Waals surface area (Å²) in [6.07, 6.45) is 1.61. The Balaban J connectivity index is 1.58. The molecular formula is C17H13N5O2S. The van der Waals surface area contributed by atoms with Gasteiger partial charge in [0.15, 0.2) is 5.82 Å². The van der Waals surface area contributed by atoms with E-state index in [1.807, 2.05) is 18.2 Å². The van der Waals surface area contributed by atoms with Gasteiger partial charge in [0.2, 0.25) is 4.96 Å². The number of aromatic nitrogens is 4. The number of rotatable bonds is 5. The predicted octanol–water partition coefficient (Wildman–Crippen LogP) is 3.55. The van der Waals surface area contributed by atoms with Crippen molar-refractivity contribution in [3.05, 3.63) is 76.1 Å². The zero-order chi connectivity index (χ0) is 17.2. The molecule has 0 aliphatic carbocycles. The van der Waals surface area contributed by atoms with Crippen LogP contribution in [0.2, 0.25) is 0 Å². The fraction of sp³-hybridized carbons (Fsp3) is 0.118. The Kier molecular flexibility index (Phi) is 3.95. The number of nitro benzene ring substituents is 1. The smallest absolute Gasteiger partial charge is 0.258 e. The molecule has 2 aromatic heterocycles. The van der Waals surface area contributed by atoms with Crippen molar-refractivity contribution in [1.82, 2.24) is 19.8 Å². The van der Waals surface area contributed by atoms with Crippen LogP contribution >= 0.6 is 11.3 Å². The molecule has 8 heteroatoms. The van der Waals surface area contributed by atoms with Crippen molar-refractivity contribution in [2.75, 3.05) is 0 Å². The van der Waals surface area contributed by atoms with Crippen LogP contribution < -0.4 is 0 Å². The Bertz CT molecular complexity index is 1020. The minimum atomic E-state index is -0.413. The third-order valence-corrected chi connectivity index (χ3v) is 4.81. The lowest BCUT2D eigenvalue weighted by Crippen LogP contribution is -1.99. The van der Waals surface area contributed by atoms with Crippen LogP contribution in [-0.4, -0.2) is 24.7 Å². The summed E-state index contributed by atoms with van der Waals surface area (Å²) in [6, 6.07) is 16.6. The fourth-order valence-electron chi connectivity index (χ4n) is 2.56. The number of fused-ring (bicyclic) bond motifs is 1. The lowest BCUT2D eigenvalue weighted by Gasteiger charge is -1.99. The van der Waals surface area contributed by atoms with Crippen molar-refractivity contribution in [3.63, 3.8) is 0 Å². The highest BCUT2D eigenvalue weighted by Gasteiger charge is 2.14. The van der Waals surface area contributed by atoms with Gasteiger partial charge in [0, 0.05) is 24.1 Å². The third kappa shape index (κ3) is 3.11. The first-order valence-corrected chi connectivity index (χ1v) is 8.52. The van der Waals surface area contributed by atoms with Gasteiger partial charge < -0.3 is 0 Å². The number of non-ortho nitro benzene ring substituents is 1. The van der Waals surface area contributed by atoms with Crippen molar-refractivity contribution in [3.8, 4) is 10.6 Å². The van der Waals surface area contributed by atoms with Gasteiger partial charge in [0.05, 0.1) is 4.92 Å². The van der Waals surface area contributed by atoms with E-state index in [0.29, 0.717) is 0 Å². The maximum absolute atomic E-state index is 10.8. The van der Waals surface area contributed by atoms with Crippen LogP contribution in [-0.2, 0) is 12.8 Å². The van der Waals surface area contributed by atoms with Crippen molar-refractivity contribution >= 4 is 22.0 Å². The first-order valence-electron chi connectivity index (χ1n) is 7.70. The second-order valence-corrected chi connectivity index (χ2v) is 6.46. The molecule has 4 rings (SSSR count). The zero-order valence-corrected chi connectivity index (χ0v) is 13.9. The minimum absolute atomic E-state index is 0.0651. The van der Waals surface area contributed by atoms with Crippen molar-refractivity contribution in [2.45, 2.75) is 12.8 Å². The molecule has 2 heterocycles. The first kappa shape index (κ1) is 15.4. The molecule has 0 aliphatic heterocycles. The lowest BCUT2D eigenvalue weighted by atomic mass is 10.1. The molecule has 0 N–H and O–H groups in total. The van der Waals surface area contributed by atoms with Gasteiger partial charge in [0.25, 0.3) is 5.69 Å². The summed E-state index contributed by atoms with van der Waals surface area (Å²) in [5.41, 5.74) is 2.13. The summed E-state index contributed by atoms with van der Waals surface area (Å²) in [5.74, 6) is 0.809. The molecule has 0 unspecified atom stereocenters. The van der Waals surface area contributed by atoms with Crippen LogP contribution in [0.25, 0.3) is 15.5 Å². The SMILES string of the molecule is O=[N+]([O-])c1ccc(-c2nn3c(CCc4ccccc4)nnc3s2)cc1. The summed E-state index contributed by atoms with van der Waals surface area (Å²) in [4.78, 5) is 11.1. The second-order valence-electron chi connectivity index (χ2n) is 5.51. The number of nitro groups is 1. The Morgan fingerprint density at radius 3 is 2.48 bits per heavy atom. The number of benzene rings is 2. The molecule has 2 aromatic carbocycles. The molecular weight excluding hydrogens is 338 g/mol. The van der Waals surface area contributed by atoms with Crippen LogP contribution in [0.1, 0.15) is 11.4 Å². The van der Waals surface area contributed by atoms with E-state index in [2.05, 4.69) is 27.4 Å². The molecule has 0 spiro atoms. The molecule has 7 nitrogen and oxygen atoms in total. The second kappa shape index (κ2) is 6.40. The van der Waals surface area contributed by atoms with Crippen LogP contribution in [0.5, 0.6) is 0 Å². The Hall–Kier alpha value is -3.13. The summed E-state index contributed by atoms with van der Waals surface area (Å²) in [5, 5.41) is 24.5. The molecule has 0 fully saturated rings. The summed E-state index contributed by atoms with van der Waals surface area (Å²) >= 11 is 1.42. The van der Waals surface area contributed by atoms with Crippen molar-refractivity contribution in [2.24, 2.45) is 0 Å². The molecule has 0 amide bonds. The molecule has 0 radical (unpaired) electrons. The topological polar surface area (TPSA) is 86.2 Å². The van der Waals surface area contributed by atoms with Crippen molar-refractivity contribution < 1.29 is 4.92 Å². The van der Waals surface area contributed by atoms with Crippen LogP contribution in [0, 0.1) is 10.1 Å². The van der Waals surface area contributed by atoms with E-state index in [-0.39, 0.29) is 5.69 Å². The summed E-state index contributed by atoms with van der Waals surface area (Å²) in [7, 11) is 0. The lowest BCUT2D eigenvalue weighted by molar-refractivity contribution is -0.384. The van der Waals surface area contributed by atoms with Crippen LogP contribution in [0.4, 0.5) is 5.69 Å². The Labute approximate surface area is 146 Å². The number of aryl methyl sites for hydroxylation is 2. The Morgan fingerprint density at radius 1 is 1.00 bits per heavy atom. The average molecular weight is 351 g/mol. The normalized spacial score (nSPS) is 11.0. The minimum Gasteiger partial charge on any atom is -0.258 e.